The molecular weight excluding hydrogens is 266 g/mol. The predicted molar refractivity (Wildman–Crippen MR) is 80.1 cm³/mol. The summed E-state index contributed by atoms with van der Waals surface area (Å²) >= 11 is 0. The van der Waals surface area contributed by atoms with Crippen molar-refractivity contribution >= 4 is 11.0 Å². The molecule has 1 aliphatic heterocycles. The van der Waals surface area contributed by atoms with Gasteiger partial charge in [-0.05, 0) is 37.1 Å². The highest BCUT2D eigenvalue weighted by molar-refractivity contribution is 5.83. The first-order valence-corrected chi connectivity index (χ1v) is 7.02. The van der Waals surface area contributed by atoms with Crippen LogP contribution in [0.2, 0.25) is 0 Å². The lowest BCUT2D eigenvalue weighted by Crippen LogP contribution is -2.05. The van der Waals surface area contributed by atoms with Crippen LogP contribution in [0.3, 0.4) is 0 Å². The van der Waals surface area contributed by atoms with Gasteiger partial charge >= 0.3 is 0 Å². The molecule has 21 heavy (non-hydrogen) atoms. The number of aromatic nitrogens is 3. The molecule has 0 unspecified atom stereocenters. The Balaban J connectivity index is 1.93. The minimum absolute atomic E-state index is 0.0919. The average molecular weight is 281 g/mol. The number of imidazole rings is 1. The van der Waals surface area contributed by atoms with Gasteiger partial charge in [-0.15, -0.1) is 0 Å². The molecule has 5 nitrogen and oxygen atoms in total. The summed E-state index contributed by atoms with van der Waals surface area (Å²) in [6.45, 7) is 2.69. The van der Waals surface area contributed by atoms with Gasteiger partial charge in [-0.2, -0.15) is 0 Å². The van der Waals surface area contributed by atoms with E-state index in [0.29, 0.717) is 0 Å². The quantitative estimate of drug-likeness (QED) is 0.718. The second-order valence-corrected chi connectivity index (χ2v) is 5.49. The number of fused-ring (bicyclic) bond motifs is 3. The van der Waals surface area contributed by atoms with Crippen LogP contribution in [0, 0.1) is 6.92 Å². The molecule has 2 N–H and O–H groups in total. The number of benzene rings is 1. The maximum absolute atomic E-state index is 11.3. The van der Waals surface area contributed by atoms with Crippen LogP contribution in [0.1, 0.15) is 24.0 Å². The molecule has 0 saturated heterocycles. The van der Waals surface area contributed by atoms with Crippen molar-refractivity contribution < 1.29 is 5.11 Å². The number of H-pyrrole nitrogens is 1. The van der Waals surface area contributed by atoms with Gasteiger partial charge in [0.25, 0.3) is 0 Å². The van der Waals surface area contributed by atoms with E-state index in [1.807, 2.05) is 25.1 Å². The Morgan fingerprint density at radius 1 is 1.33 bits per heavy atom. The molecule has 0 spiro atoms. The zero-order valence-corrected chi connectivity index (χ0v) is 11.6. The molecule has 0 radical (unpaired) electrons. The van der Waals surface area contributed by atoms with Crippen molar-refractivity contribution in [1.29, 1.82) is 0 Å². The zero-order chi connectivity index (χ0) is 14.6. The second kappa shape index (κ2) is 4.30. The van der Waals surface area contributed by atoms with Crippen molar-refractivity contribution in [3.8, 4) is 11.1 Å². The molecule has 1 aliphatic rings. The summed E-state index contributed by atoms with van der Waals surface area (Å²) in [5.41, 5.74) is 4.74. The summed E-state index contributed by atoms with van der Waals surface area (Å²) < 4.78 is 2.07. The van der Waals surface area contributed by atoms with Crippen LogP contribution >= 0.6 is 0 Å². The van der Waals surface area contributed by atoms with Gasteiger partial charge in [-0.1, -0.05) is 6.07 Å². The summed E-state index contributed by atoms with van der Waals surface area (Å²) in [4.78, 5) is 18.7. The molecular formula is C16H15N3O2. The molecule has 5 heteroatoms. The summed E-state index contributed by atoms with van der Waals surface area (Å²) in [7, 11) is 0. The van der Waals surface area contributed by atoms with E-state index < -0.39 is 6.10 Å². The third-order valence-corrected chi connectivity index (χ3v) is 4.13. The predicted octanol–water partition coefficient (Wildman–Crippen LogP) is 2.14. The van der Waals surface area contributed by atoms with Crippen LogP contribution in [0.25, 0.3) is 22.2 Å². The zero-order valence-electron chi connectivity index (χ0n) is 11.6. The van der Waals surface area contributed by atoms with Crippen LogP contribution in [0.5, 0.6) is 0 Å². The fourth-order valence-electron chi connectivity index (χ4n) is 3.07. The minimum atomic E-state index is -0.462. The minimum Gasteiger partial charge on any atom is -0.385 e. The first kappa shape index (κ1) is 12.3. The molecule has 0 fully saturated rings. The summed E-state index contributed by atoms with van der Waals surface area (Å²) in [6, 6.07) is 9.42. The van der Waals surface area contributed by atoms with Crippen molar-refractivity contribution in [2.24, 2.45) is 0 Å². The molecule has 0 aliphatic carbocycles. The Bertz CT molecular complexity index is 908. The van der Waals surface area contributed by atoms with Crippen LogP contribution in [0.15, 0.2) is 35.1 Å². The topological polar surface area (TPSA) is 70.9 Å². The van der Waals surface area contributed by atoms with E-state index in [1.54, 1.807) is 0 Å². The second-order valence-electron chi connectivity index (χ2n) is 5.49. The van der Waals surface area contributed by atoms with Gasteiger partial charge in [-0.3, -0.25) is 4.79 Å². The van der Waals surface area contributed by atoms with Crippen LogP contribution in [0.4, 0.5) is 0 Å². The molecule has 106 valence electrons. The van der Waals surface area contributed by atoms with E-state index in [4.69, 9.17) is 0 Å². The third-order valence-electron chi connectivity index (χ3n) is 4.13. The largest absolute Gasteiger partial charge is 0.385 e. The number of hydrogen-bond acceptors (Lipinski definition) is 3. The van der Waals surface area contributed by atoms with Gasteiger partial charge in [0.1, 0.15) is 11.9 Å². The van der Waals surface area contributed by atoms with E-state index in [2.05, 4.69) is 20.6 Å². The van der Waals surface area contributed by atoms with Gasteiger partial charge < -0.3 is 14.7 Å². The van der Waals surface area contributed by atoms with E-state index in [0.717, 1.165) is 46.6 Å². The lowest BCUT2D eigenvalue weighted by Gasteiger charge is -2.06. The summed E-state index contributed by atoms with van der Waals surface area (Å²) in [6.07, 6.45) is 0.260. The highest BCUT2D eigenvalue weighted by Crippen LogP contribution is 2.32. The molecule has 3 aromatic rings. The number of nitrogens with zero attached hydrogens (tertiary/aromatic N) is 2. The SMILES string of the molecule is Cc1[nH]c(=O)ccc1-c1ccc2nc3n(c2c1)CC[C@H]3O. The molecule has 0 bridgehead atoms. The van der Waals surface area contributed by atoms with Gasteiger partial charge in [0, 0.05) is 23.9 Å². The molecule has 0 saturated carbocycles. The van der Waals surface area contributed by atoms with Crippen molar-refractivity contribution in [2.75, 3.05) is 0 Å². The van der Waals surface area contributed by atoms with Gasteiger partial charge in [-0.25, -0.2) is 4.98 Å². The van der Waals surface area contributed by atoms with E-state index in [-0.39, 0.29) is 5.56 Å². The molecule has 4 rings (SSSR count). The van der Waals surface area contributed by atoms with E-state index in [1.165, 1.54) is 6.07 Å². The Morgan fingerprint density at radius 2 is 2.19 bits per heavy atom. The Kier molecular flexibility index (Phi) is 2.53. The van der Waals surface area contributed by atoms with Crippen molar-refractivity contribution in [2.45, 2.75) is 26.0 Å². The maximum atomic E-state index is 11.3. The first-order chi connectivity index (χ1) is 10.1. The van der Waals surface area contributed by atoms with E-state index >= 15 is 0 Å². The molecule has 1 aromatic carbocycles. The average Bonchev–Trinajstić information content (AvgIpc) is 2.99. The van der Waals surface area contributed by atoms with Crippen LogP contribution < -0.4 is 5.56 Å². The number of hydrogen-bond donors (Lipinski definition) is 2. The summed E-state index contributed by atoms with van der Waals surface area (Å²) in [5.74, 6) is 0.750. The van der Waals surface area contributed by atoms with Gasteiger partial charge in [0.05, 0.1) is 11.0 Å². The number of pyridine rings is 1. The Morgan fingerprint density at radius 3 is 3.00 bits per heavy atom. The Labute approximate surface area is 120 Å². The van der Waals surface area contributed by atoms with Gasteiger partial charge in [0.15, 0.2) is 0 Å². The first-order valence-electron chi connectivity index (χ1n) is 7.02. The standard InChI is InChI=1S/C16H15N3O2/c1-9-11(3-5-15(21)17-9)10-2-4-12-13(8-10)19-7-6-14(20)16(19)18-12/h2-5,8,14,20H,6-7H2,1H3,(H,17,21)/t14-/m1/s1. The van der Waals surface area contributed by atoms with Crippen molar-refractivity contribution in [3.05, 3.63) is 52.2 Å². The number of rotatable bonds is 1. The van der Waals surface area contributed by atoms with E-state index in [9.17, 15) is 9.90 Å². The highest BCUT2D eigenvalue weighted by Gasteiger charge is 2.24. The number of nitrogens with one attached hydrogen (secondary N) is 1. The third kappa shape index (κ3) is 1.81. The number of aryl methyl sites for hydroxylation is 2. The monoisotopic (exact) mass is 281 g/mol. The summed E-state index contributed by atoms with van der Waals surface area (Å²) in [5, 5.41) is 9.92. The normalized spacial score (nSPS) is 17.3. The molecule has 3 heterocycles. The molecule has 1 atom stereocenters. The van der Waals surface area contributed by atoms with Crippen LogP contribution in [-0.4, -0.2) is 19.6 Å². The molecule has 0 amide bonds. The number of aromatic amines is 1. The van der Waals surface area contributed by atoms with Gasteiger partial charge in [0.2, 0.25) is 5.56 Å². The fourth-order valence-corrected chi connectivity index (χ4v) is 3.07. The maximum Gasteiger partial charge on any atom is 0.248 e. The molecule has 2 aromatic heterocycles. The number of aliphatic hydroxyl groups is 1. The van der Waals surface area contributed by atoms with Crippen molar-refractivity contribution in [1.82, 2.24) is 14.5 Å². The van der Waals surface area contributed by atoms with Crippen LogP contribution in [-0.2, 0) is 6.54 Å². The fraction of sp³-hybridized carbons (Fsp3) is 0.250. The lowest BCUT2D eigenvalue weighted by atomic mass is 10.0. The highest BCUT2D eigenvalue weighted by atomic mass is 16.3. The Hall–Kier alpha value is -2.40. The smallest absolute Gasteiger partial charge is 0.248 e. The van der Waals surface area contributed by atoms with Crippen molar-refractivity contribution in [3.63, 3.8) is 0 Å². The lowest BCUT2D eigenvalue weighted by molar-refractivity contribution is 0.176. The number of aliphatic hydroxyl groups excluding tert-OH is 1.